The fourth-order valence-electron chi connectivity index (χ4n) is 1.03. The molecule has 1 rings (SSSR count). The van der Waals surface area contributed by atoms with Gasteiger partial charge in [0.15, 0.2) is 11.6 Å². The molecule has 0 saturated heterocycles. The van der Waals surface area contributed by atoms with E-state index in [1.165, 1.54) is 13.0 Å². The summed E-state index contributed by atoms with van der Waals surface area (Å²) in [5, 5.41) is 7.57. The topological polar surface area (TPSA) is 54.4 Å². The SMILES string of the molecule is CC(C(=O)O)S(=O)Cc1ccc(F)c(F)c1. The van der Waals surface area contributed by atoms with Crippen LogP contribution in [0.3, 0.4) is 0 Å². The third kappa shape index (κ3) is 3.10. The second kappa shape index (κ2) is 5.16. The van der Waals surface area contributed by atoms with Crippen LogP contribution < -0.4 is 0 Å². The molecule has 1 N–H and O–H groups in total. The molecule has 0 saturated carbocycles. The first-order chi connectivity index (χ1) is 7.41. The predicted octanol–water partition coefficient (Wildman–Crippen LogP) is 1.69. The van der Waals surface area contributed by atoms with Crippen LogP contribution in [0, 0.1) is 11.6 Å². The van der Waals surface area contributed by atoms with Crippen LogP contribution in [0.15, 0.2) is 18.2 Å². The van der Waals surface area contributed by atoms with Gasteiger partial charge in [0.05, 0.1) is 0 Å². The zero-order chi connectivity index (χ0) is 12.3. The fraction of sp³-hybridized carbons (Fsp3) is 0.300. The average molecular weight is 248 g/mol. The molecular weight excluding hydrogens is 238 g/mol. The van der Waals surface area contributed by atoms with Crippen molar-refractivity contribution >= 4 is 16.8 Å². The number of carboxylic acid groups (broad SMARTS) is 1. The first-order valence-electron chi connectivity index (χ1n) is 4.45. The molecule has 2 unspecified atom stereocenters. The second-order valence-electron chi connectivity index (χ2n) is 3.25. The molecule has 88 valence electrons. The van der Waals surface area contributed by atoms with E-state index in [1.807, 2.05) is 0 Å². The highest BCUT2D eigenvalue weighted by molar-refractivity contribution is 7.85. The fourth-order valence-corrected chi connectivity index (χ4v) is 2.01. The number of hydrogen-bond donors (Lipinski definition) is 1. The van der Waals surface area contributed by atoms with Crippen molar-refractivity contribution in [1.29, 1.82) is 0 Å². The van der Waals surface area contributed by atoms with Gasteiger partial charge in [0.1, 0.15) is 5.25 Å². The van der Waals surface area contributed by atoms with Crippen LogP contribution in [-0.2, 0) is 21.3 Å². The predicted molar refractivity (Wildman–Crippen MR) is 55.3 cm³/mol. The van der Waals surface area contributed by atoms with Crippen molar-refractivity contribution in [1.82, 2.24) is 0 Å². The minimum Gasteiger partial charge on any atom is -0.480 e. The van der Waals surface area contributed by atoms with Gasteiger partial charge in [0.25, 0.3) is 0 Å². The van der Waals surface area contributed by atoms with Gasteiger partial charge in [-0.15, -0.1) is 0 Å². The van der Waals surface area contributed by atoms with E-state index in [4.69, 9.17) is 5.11 Å². The molecule has 3 nitrogen and oxygen atoms in total. The van der Waals surface area contributed by atoms with E-state index in [9.17, 15) is 17.8 Å². The van der Waals surface area contributed by atoms with Crippen molar-refractivity contribution in [2.75, 3.05) is 0 Å². The smallest absolute Gasteiger partial charge is 0.318 e. The quantitative estimate of drug-likeness (QED) is 0.882. The maximum atomic E-state index is 12.8. The molecule has 0 aromatic heterocycles. The Bertz CT molecular complexity index is 434. The lowest BCUT2D eigenvalue weighted by atomic mass is 10.2. The highest BCUT2D eigenvalue weighted by Crippen LogP contribution is 2.12. The number of benzene rings is 1. The molecule has 0 heterocycles. The Hall–Kier alpha value is -1.30. The van der Waals surface area contributed by atoms with Crippen molar-refractivity contribution in [3.05, 3.63) is 35.4 Å². The lowest BCUT2D eigenvalue weighted by molar-refractivity contribution is -0.136. The van der Waals surface area contributed by atoms with Gasteiger partial charge in [0, 0.05) is 16.6 Å². The number of halogens is 2. The minimum absolute atomic E-state index is 0.106. The van der Waals surface area contributed by atoms with Crippen LogP contribution >= 0.6 is 0 Å². The Morgan fingerprint density at radius 2 is 2.06 bits per heavy atom. The maximum absolute atomic E-state index is 12.8. The summed E-state index contributed by atoms with van der Waals surface area (Å²) in [6.45, 7) is 1.30. The Balaban J connectivity index is 2.77. The number of hydrogen-bond acceptors (Lipinski definition) is 2. The first-order valence-corrected chi connectivity index (χ1v) is 5.84. The van der Waals surface area contributed by atoms with E-state index in [2.05, 4.69) is 0 Å². The summed E-state index contributed by atoms with van der Waals surface area (Å²) in [6, 6.07) is 3.12. The number of carboxylic acids is 1. The van der Waals surface area contributed by atoms with E-state index in [0.29, 0.717) is 5.56 Å². The minimum atomic E-state index is -1.65. The monoisotopic (exact) mass is 248 g/mol. The Morgan fingerprint density at radius 3 is 2.56 bits per heavy atom. The number of rotatable bonds is 4. The third-order valence-electron chi connectivity index (χ3n) is 2.04. The van der Waals surface area contributed by atoms with E-state index < -0.39 is 33.7 Å². The summed E-state index contributed by atoms with van der Waals surface area (Å²) < 4.78 is 36.8. The highest BCUT2D eigenvalue weighted by atomic mass is 32.2. The molecule has 6 heteroatoms. The normalized spacial score (nSPS) is 14.4. The Labute approximate surface area is 93.6 Å². The molecule has 0 aliphatic carbocycles. The lowest BCUT2D eigenvalue weighted by Gasteiger charge is -2.06. The molecule has 1 aromatic rings. The number of aliphatic carboxylic acids is 1. The van der Waals surface area contributed by atoms with Crippen molar-refractivity contribution in [3.8, 4) is 0 Å². The molecule has 2 atom stereocenters. The molecule has 0 radical (unpaired) electrons. The zero-order valence-electron chi connectivity index (χ0n) is 8.44. The Morgan fingerprint density at radius 1 is 1.44 bits per heavy atom. The molecule has 1 aromatic carbocycles. The van der Waals surface area contributed by atoms with Crippen molar-refractivity contribution in [2.45, 2.75) is 17.9 Å². The van der Waals surface area contributed by atoms with Crippen molar-refractivity contribution in [3.63, 3.8) is 0 Å². The standard InChI is InChI=1S/C10H10F2O3S/c1-6(10(13)14)16(15)5-7-2-3-8(11)9(12)4-7/h2-4,6H,5H2,1H3,(H,13,14). The van der Waals surface area contributed by atoms with Gasteiger partial charge >= 0.3 is 5.97 Å². The van der Waals surface area contributed by atoms with Crippen LogP contribution in [-0.4, -0.2) is 20.5 Å². The molecule has 0 aliphatic rings. The molecule has 0 aliphatic heterocycles. The first kappa shape index (κ1) is 12.8. The van der Waals surface area contributed by atoms with Gasteiger partial charge in [-0.1, -0.05) is 6.07 Å². The van der Waals surface area contributed by atoms with Crippen LogP contribution in [0.1, 0.15) is 12.5 Å². The summed E-state index contributed by atoms with van der Waals surface area (Å²) in [5.41, 5.74) is 0.310. The van der Waals surface area contributed by atoms with Crippen LogP contribution in [0.25, 0.3) is 0 Å². The summed E-state index contributed by atoms with van der Waals surface area (Å²) in [5.74, 6) is -3.30. The van der Waals surface area contributed by atoms with E-state index >= 15 is 0 Å². The van der Waals surface area contributed by atoms with Crippen molar-refractivity contribution < 1.29 is 22.9 Å². The van der Waals surface area contributed by atoms with E-state index in [1.54, 1.807) is 0 Å². The summed E-state index contributed by atoms with van der Waals surface area (Å²) >= 11 is 0. The maximum Gasteiger partial charge on any atom is 0.318 e. The third-order valence-corrected chi connectivity index (χ3v) is 3.64. The average Bonchev–Trinajstić information content (AvgIpc) is 2.22. The molecule has 0 fully saturated rings. The summed E-state index contributed by atoms with van der Waals surface area (Å²) in [6.07, 6.45) is 0. The van der Waals surface area contributed by atoms with Gasteiger partial charge in [-0.05, 0) is 24.6 Å². The molecule has 0 spiro atoms. The van der Waals surface area contributed by atoms with Gasteiger partial charge < -0.3 is 5.11 Å². The van der Waals surface area contributed by atoms with E-state index in [-0.39, 0.29) is 5.75 Å². The van der Waals surface area contributed by atoms with E-state index in [0.717, 1.165) is 12.1 Å². The number of carbonyl (C=O) groups is 1. The summed E-state index contributed by atoms with van der Waals surface area (Å²) in [7, 11) is -1.65. The molecular formula is C10H10F2O3S. The van der Waals surface area contributed by atoms with Crippen LogP contribution in [0.4, 0.5) is 8.78 Å². The molecule has 0 bridgehead atoms. The molecule has 0 amide bonds. The lowest BCUT2D eigenvalue weighted by Crippen LogP contribution is -2.22. The largest absolute Gasteiger partial charge is 0.480 e. The van der Waals surface area contributed by atoms with Gasteiger partial charge in [-0.3, -0.25) is 9.00 Å². The van der Waals surface area contributed by atoms with Gasteiger partial charge in [-0.2, -0.15) is 0 Å². The highest BCUT2D eigenvalue weighted by Gasteiger charge is 2.19. The Kier molecular flexibility index (Phi) is 4.12. The summed E-state index contributed by atoms with van der Waals surface area (Å²) in [4.78, 5) is 10.5. The zero-order valence-corrected chi connectivity index (χ0v) is 9.26. The van der Waals surface area contributed by atoms with Gasteiger partial charge in [0.2, 0.25) is 0 Å². The van der Waals surface area contributed by atoms with Gasteiger partial charge in [-0.25, -0.2) is 8.78 Å². The molecule has 16 heavy (non-hydrogen) atoms. The van der Waals surface area contributed by atoms with Crippen LogP contribution in [0.5, 0.6) is 0 Å². The second-order valence-corrected chi connectivity index (χ2v) is 5.01. The van der Waals surface area contributed by atoms with Crippen molar-refractivity contribution in [2.24, 2.45) is 0 Å². The van der Waals surface area contributed by atoms with Crippen LogP contribution in [0.2, 0.25) is 0 Å².